The molecular weight excluding hydrogens is 295 g/mol. The van der Waals surface area contributed by atoms with E-state index in [0.717, 1.165) is 21.5 Å². The Bertz CT molecular complexity index is 770. The summed E-state index contributed by atoms with van der Waals surface area (Å²) in [6.07, 6.45) is 0. The second-order valence-electron chi connectivity index (χ2n) is 4.56. The molecule has 0 radical (unpaired) electrons. The maximum Gasteiger partial charge on any atom is 0.126 e. The molecule has 20 heavy (non-hydrogen) atoms. The van der Waals surface area contributed by atoms with Gasteiger partial charge >= 0.3 is 0 Å². The second-order valence-corrected chi connectivity index (χ2v) is 5.85. The number of anilines is 1. The van der Waals surface area contributed by atoms with E-state index in [1.807, 2.05) is 18.2 Å². The second kappa shape index (κ2) is 5.38. The third kappa shape index (κ3) is 2.49. The number of rotatable bonds is 3. The van der Waals surface area contributed by atoms with E-state index in [1.54, 1.807) is 29.8 Å². The first kappa shape index (κ1) is 13.3. The van der Waals surface area contributed by atoms with E-state index in [4.69, 9.17) is 11.6 Å². The smallest absolute Gasteiger partial charge is 0.126 e. The average molecular weight is 307 g/mol. The van der Waals surface area contributed by atoms with Crippen molar-refractivity contribution in [3.63, 3.8) is 0 Å². The predicted octanol–water partition coefficient (Wildman–Crippen LogP) is 5.01. The fraction of sp³-hybridized carbons (Fsp3) is 0.133. The van der Waals surface area contributed by atoms with Crippen molar-refractivity contribution in [2.75, 3.05) is 5.32 Å². The van der Waals surface area contributed by atoms with Crippen molar-refractivity contribution in [1.82, 2.24) is 4.98 Å². The molecule has 3 rings (SSSR count). The summed E-state index contributed by atoms with van der Waals surface area (Å²) in [5.74, 6) is -0.187. The highest BCUT2D eigenvalue weighted by Crippen LogP contribution is 2.32. The van der Waals surface area contributed by atoms with Gasteiger partial charge in [0.15, 0.2) is 0 Å². The van der Waals surface area contributed by atoms with Gasteiger partial charge in [0.2, 0.25) is 0 Å². The lowest BCUT2D eigenvalue weighted by molar-refractivity contribution is 0.617. The van der Waals surface area contributed by atoms with E-state index in [1.165, 1.54) is 6.07 Å². The van der Waals surface area contributed by atoms with Crippen LogP contribution < -0.4 is 5.32 Å². The summed E-state index contributed by atoms with van der Waals surface area (Å²) in [4.78, 5) is 4.34. The van der Waals surface area contributed by atoms with Crippen LogP contribution in [0.25, 0.3) is 10.2 Å². The number of nitrogens with one attached hydrogen (secondary N) is 1. The Hall–Kier alpha value is -1.65. The van der Waals surface area contributed by atoms with Crippen molar-refractivity contribution in [3.05, 3.63) is 57.8 Å². The molecule has 0 aliphatic carbocycles. The standard InChI is InChI=1S/C15H12ClFN2S/c1-9-6-10(2-4-12(9)17)7-18-14-11(16)3-5-13-15(14)19-8-20-13/h2-6,8,18H,7H2,1H3. The third-order valence-corrected chi connectivity index (χ3v) is 4.25. The Kier molecular flexibility index (Phi) is 3.59. The van der Waals surface area contributed by atoms with E-state index in [9.17, 15) is 4.39 Å². The van der Waals surface area contributed by atoms with Gasteiger partial charge in [-0.2, -0.15) is 0 Å². The van der Waals surface area contributed by atoms with E-state index in [0.29, 0.717) is 17.1 Å². The quantitative estimate of drug-likeness (QED) is 0.736. The summed E-state index contributed by atoms with van der Waals surface area (Å²) in [6, 6.07) is 8.90. The van der Waals surface area contributed by atoms with Crippen LogP contribution in [0, 0.1) is 12.7 Å². The molecule has 102 valence electrons. The molecule has 0 aliphatic rings. The van der Waals surface area contributed by atoms with Crippen molar-refractivity contribution in [2.24, 2.45) is 0 Å². The molecule has 0 amide bonds. The van der Waals surface area contributed by atoms with Gasteiger partial charge in [-0.15, -0.1) is 11.3 Å². The maximum absolute atomic E-state index is 13.2. The largest absolute Gasteiger partial charge is 0.378 e. The molecular formula is C15H12ClFN2S. The van der Waals surface area contributed by atoms with Crippen molar-refractivity contribution >= 4 is 38.8 Å². The lowest BCUT2D eigenvalue weighted by atomic mass is 10.1. The Morgan fingerprint density at radius 1 is 1.30 bits per heavy atom. The lowest BCUT2D eigenvalue weighted by Gasteiger charge is -2.10. The van der Waals surface area contributed by atoms with Crippen LogP contribution in [0.15, 0.2) is 35.8 Å². The molecule has 2 nitrogen and oxygen atoms in total. The number of benzene rings is 2. The minimum atomic E-state index is -0.187. The van der Waals surface area contributed by atoms with E-state index in [2.05, 4.69) is 10.3 Å². The first-order valence-electron chi connectivity index (χ1n) is 6.16. The molecule has 0 atom stereocenters. The highest BCUT2D eigenvalue weighted by Gasteiger charge is 2.08. The predicted molar refractivity (Wildman–Crippen MR) is 83.1 cm³/mol. The van der Waals surface area contributed by atoms with Crippen LogP contribution in [-0.2, 0) is 6.54 Å². The number of nitrogens with zero attached hydrogens (tertiary/aromatic N) is 1. The number of aryl methyl sites for hydroxylation is 1. The Morgan fingerprint density at radius 2 is 2.15 bits per heavy atom. The molecule has 0 unspecified atom stereocenters. The van der Waals surface area contributed by atoms with Crippen LogP contribution in [-0.4, -0.2) is 4.98 Å². The number of aromatic nitrogens is 1. The number of halogens is 2. The van der Waals surface area contributed by atoms with Gasteiger partial charge in [-0.05, 0) is 36.2 Å². The third-order valence-electron chi connectivity index (χ3n) is 3.14. The van der Waals surface area contributed by atoms with E-state index in [-0.39, 0.29) is 5.82 Å². The van der Waals surface area contributed by atoms with Crippen molar-refractivity contribution in [1.29, 1.82) is 0 Å². The Morgan fingerprint density at radius 3 is 2.95 bits per heavy atom. The molecule has 3 aromatic rings. The van der Waals surface area contributed by atoms with Crippen LogP contribution in [0.3, 0.4) is 0 Å². The van der Waals surface area contributed by atoms with Crippen LogP contribution in [0.2, 0.25) is 5.02 Å². The SMILES string of the molecule is Cc1cc(CNc2c(Cl)ccc3scnc23)ccc1F. The highest BCUT2D eigenvalue weighted by atomic mass is 35.5. The van der Waals surface area contributed by atoms with Crippen LogP contribution in [0.1, 0.15) is 11.1 Å². The molecule has 5 heteroatoms. The Labute approximate surface area is 125 Å². The fourth-order valence-electron chi connectivity index (χ4n) is 2.08. The normalized spacial score (nSPS) is 10.9. The topological polar surface area (TPSA) is 24.9 Å². The molecule has 2 aromatic carbocycles. The van der Waals surface area contributed by atoms with Gasteiger partial charge in [-0.3, -0.25) is 0 Å². The summed E-state index contributed by atoms with van der Waals surface area (Å²) >= 11 is 7.80. The van der Waals surface area contributed by atoms with Crippen LogP contribution in [0.4, 0.5) is 10.1 Å². The number of fused-ring (bicyclic) bond motifs is 1. The van der Waals surface area contributed by atoms with Crippen molar-refractivity contribution in [3.8, 4) is 0 Å². The number of hydrogen-bond donors (Lipinski definition) is 1. The number of hydrogen-bond acceptors (Lipinski definition) is 3. The monoisotopic (exact) mass is 306 g/mol. The van der Waals surface area contributed by atoms with Gasteiger partial charge in [0.1, 0.15) is 11.3 Å². The van der Waals surface area contributed by atoms with Crippen LogP contribution >= 0.6 is 22.9 Å². The summed E-state index contributed by atoms with van der Waals surface area (Å²) < 4.78 is 14.3. The minimum Gasteiger partial charge on any atom is -0.378 e. The summed E-state index contributed by atoms with van der Waals surface area (Å²) in [7, 11) is 0. The van der Waals surface area contributed by atoms with Crippen molar-refractivity contribution in [2.45, 2.75) is 13.5 Å². The first-order valence-corrected chi connectivity index (χ1v) is 7.41. The molecule has 0 spiro atoms. The molecule has 1 aromatic heterocycles. The molecule has 0 bridgehead atoms. The lowest BCUT2D eigenvalue weighted by Crippen LogP contribution is -2.01. The zero-order valence-electron chi connectivity index (χ0n) is 10.8. The average Bonchev–Trinajstić information content (AvgIpc) is 2.90. The molecule has 0 fully saturated rings. The van der Waals surface area contributed by atoms with Gasteiger partial charge in [0.25, 0.3) is 0 Å². The number of thiazole rings is 1. The Balaban J connectivity index is 1.88. The fourth-order valence-corrected chi connectivity index (χ4v) is 2.99. The first-order chi connectivity index (χ1) is 9.65. The van der Waals surface area contributed by atoms with Gasteiger partial charge < -0.3 is 5.32 Å². The summed E-state index contributed by atoms with van der Waals surface area (Å²) in [5.41, 5.74) is 5.15. The van der Waals surface area contributed by atoms with E-state index < -0.39 is 0 Å². The van der Waals surface area contributed by atoms with Gasteiger partial charge in [-0.1, -0.05) is 23.7 Å². The van der Waals surface area contributed by atoms with Crippen LogP contribution in [0.5, 0.6) is 0 Å². The zero-order valence-corrected chi connectivity index (χ0v) is 12.4. The zero-order chi connectivity index (χ0) is 14.1. The molecule has 0 saturated carbocycles. The van der Waals surface area contributed by atoms with Gasteiger partial charge in [0, 0.05) is 6.54 Å². The summed E-state index contributed by atoms with van der Waals surface area (Å²) in [5, 5.41) is 3.94. The molecule has 0 aliphatic heterocycles. The maximum atomic E-state index is 13.2. The molecule has 0 saturated heterocycles. The minimum absolute atomic E-state index is 0.187. The van der Waals surface area contributed by atoms with Gasteiger partial charge in [-0.25, -0.2) is 9.37 Å². The molecule has 1 N–H and O–H groups in total. The van der Waals surface area contributed by atoms with Crippen molar-refractivity contribution < 1.29 is 4.39 Å². The molecule has 1 heterocycles. The van der Waals surface area contributed by atoms with E-state index >= 15 is 0 Å². The highest BCUT2D eigenvalue weighted by molar-refractivity contribution is 7.16. The van der Waals surface area contributed by atoms with Gasteiger partial charge in [0.05, 0.1) is 20.9 Å². The summed E-state index contributed by atoms with van der Waals surface area (Å²) in [6.45, 7) is 2.34.